The van der Waals surface area contributed by atoms with Gasteiger partial charge in [-0.05, 0) is 0 Å². The van der Waals surface area contributed by atoms with Gasteiger partial charge in [0.2, 0.25) is 0 Å². The van der Waals surface area contributed by atoms with Gasteiger partial charge in [-0.3, -0.25) is 44.8 Å². The monoisotopic (exact) mass is 616 g/mol. The number of rotatable bonds is 6. The predicted octanol–water partition coefficient (Wildman–Crippen LogP) is -3.48. The highest BCUT2D eigenvalue weighted by Crippen LogP contribution is 2.03. The van der Waals surface area contributed by atoms with Crippen LogP contribution in [0.4, 0.5) is 0 Å². The summed E-state index contributed by atoms with van der Waals surface area (Å²) in [4.78, 5) is 63.0. The van der Waals surface area contributed by atoms with Gasteiger partial charge in [0.1, 0.15) is 18.3 Å². The smallest absolute Gasteiger partial charge is 0.300 e. The lowest BCUT2D eigenvalue weighted by Crippen LogP contribution is -2.54. The van der Waals surface area contributed by atoms with E-state index in [1.807, 2.05) is 0 Å². The first-order chi connectivity index (χ1) is 18.2. The molecule has 0 aromatic rings. The summed E-state index contributed by atoms with van der Waals surface area (Å²) in [6.45, 7) is 6.41. The SMILES string of the molecule is CC(=O)O.CC(=O)O.CC(=O)O.CC(=O)O.CC(=O)O.CC(=O)O.CC(=O)O.NN[C@H](CO)[C@@H](O)[C@H](O)[C@H](O)CO. The highest BCUT2D eigenvalue weighted by atomic mass is 16.4. The summed E-state index contributed by atoms with van der Waals surface area (Å²) in [5.41, 5.74) is 2.06. The molecular weight excluding hydrogens is 572 g/mol. The molecule has 0 aliphatic rings. The van der Waals surface area contributed by atoms with Crippen molar-refractivity contribution in [3.8, 4) is 0 Å². The van der Waals surface area contributed by atoms with Gasteiger partial charge in [-0.25, -0.2) is 0 Å². The number of carboxylic acid groups (broad SMARTS) is 7. The van der Waals surface area contributed by atoms with E-state index in [9.17, 15) is 5.11 Å². The summed E-state index contributed by atoms with van der Waals surface area (Å²) < 4.78 is 0. The number of carbonyl (C=O) groups is 7. The Kier molecular flexibility index (Phi) is 59.9. The van der Waals surface area contributed by atoms with E-state index >= 15 is 0 Å². The van der Waals surface area contributed by atoms with Gasteiger partial charge in [-0.1, -0.05) is 0 Å². The van der Waals surface area contributed by atoms with E-state index in [-0.39, 0.29) is 0 Å². The van der Waals surface area contributed by atoms with Gasteiger partial charge in [-0.15, -0.1) is 0 Å². The van der Waals surface area contributed by atoms with Crippen LogP contribution < -0.4 is 11.3 Å². The number of carboxylic acids is 7. The molecule has 0 aromatic heterocycles. The zero-order chi connectivity index (χ0) is 35.5. The first-order valence-electron chi connectivity index (χ1n) is 10.3. The Bertz CT molecular complexity index is 538. The van der Waals surface area contributed by atoms with Gasteiger partial charge in [0.05, 0.1) is 19.3 Å². The molecule has 15 N–H and O–H groups in total. The van der Waals surface area contributed by atoms with E-state index in [0.717, 1.165) is 48.5 Å². The van der Waals surface area contributed by atoms with Gasteiger partial charge in [0, 0.05) is 48.5 Å². The number of nitrogens with one attached hydrogen (secondary N) is 1. The summed E-state index contributed by atoms with van der Waals surface area (Å²) in [6.07, 6.45) is -4.47. The number of aliphatic hydroxyl groups excluding tert-OH is 5. The molecule has 0 spiro atoms. The molecule has 248 valence electrons. The van der Waals surface area contributed by atoms with Crippen LogP contribution in [0, 0.1) is 0 Å². The van der Waals surface area contributed by atoms with Crippen molar-refractivity contribution in [1.29, 1.82) is 0 Å². The lowest BCUT2D eigenvalue weighted by Gasteiger charge is -2.26. The van der Waals surface area contributed by atoms with Crippen molar-refractivity contribution in [3.63, 3.8) is 0 Å². The molecule has 41 heavy (non-hydrogen) atoms. The summed E-state index contributed by atoms with van der Waals surface area (Å²) in [5, 5.41) is 96.3. The van der Waals surface area contributed by atoms with E-state index in [2.05, 4.69) is 5.43 Å². The largest absolute Gasteiger partial charge is 0.481 e. The Hall–Kier alpha value is -3.99. The fourth-order valence-corrected chi connectivity index (χ4v) is 0.833. The predicted molar refractivity (Wildman–Crippen MR) is 136 cm³/mol. The van der Waals surface area contributed by atoms with Gasteiger partial charge in [-0.2, -0.15) is 0 Å². The third kappa shape index (κ3) is 212. The highest BCUT2D eigenvalue weighted by Gasteiger charge is 2.29. The van der Waals surface area contributed by atoms with Crippen LogP contribution in [-0.4, -0.2) is 141 Å². The first kappa shape index (κ1) is 57.0. The fraction of sp³-hybridized carbons (Fsp3) is 0.650. The fourth-order valence-electron chi connectivity index (χ4n) is 0.833. The van der Waals surface area contributed by atoms with E-state index in [1.165, 1.54) is 0 Å². The Morgan fingerprint density at radius 2 is 0.659 bits per heavy atom. The van der Waals surface area contributed by atoms with E-state index < -0.39 is 79.4 Å². The third-order valence-corrected chi connectivity index (χ3v) is 1.75. The van der Waals surface area contributed by atoms with Crippen LogP contribution in [0.3, 0.4) is 0 Å². The molecule has 21 nitrogen and oxygen atoms in total. The molecule has 0 heterocycles. The van der Waals surface area contributed by atoms with Crippen molar-refractivity contribution in [2.45, 2.75) is 72.8 Å². The molecule has 0 saturated carbocycles. The van der Waals surface area contributed by atoms with Crippen LogP contribution in [-0.2, 0) is 33.6 Å². The zero-order valence-corrected chi connectivity index (χ0v) is 23.5. The zero-order valence-electron chi connectivity index (χ0n) is 23.5. The van der Waals surface area contributed by atoms with Crippen molar-refractivity contribution >= 4 is 41.8 Å². The number of aliphatic hydroxyl groups is 5. The lowest BCUT2D eigenvalue weighted by atomic mass is 10.0. The van der Waals surface area contributed by atoms with Gasteiger partial charge in [0.25, 0.3) is 41.8 Å². The maximum absolute atomic E-state index is 9.26. The molecular formula is C20H44N2O19. The topological polar surface area (TPSA) is 400 Å². The molecule has 0 saturated heterocycles. The van der Waals surface area contributed by atoms with Crippen LogP contribution >= 0.6 is 0 Å². The van der Waals surface area contributed by atoms with Crippen molar-refractivity contribution in [2.75, 3.05) is 13.2 Å². The minimum atomic E-state index is -1.56. The molecule has 0 fully saturated rings. The number of aliphatic carboxylic acids is 7. The number of hydrogen-bond acceptors (Lipinski definition) is 14. The van der Waals surface area contributed by atoms with Crippen molar-refractivity contribution in [3.05, 3.63) is 0 Å². The van der Waals surface area contributed by atoms with Crippen molar-refractivity contribution in [2.24, 2.45) is 5.84 Å². The second-order valence-electron chi connectivity index (χ2n) is 6.32. The standard InChI is InChI=1S/C6H16N2O5.7C2H4O2/c7-8-3(1-9)5(12)6(13)4(11)2-10;7*1-2(3)4/h3-6,8-13H,1-2,7H2;7*1H3,(H,3,4)/t3-,4-,5-,6-;;;;;;;/m1......./s1. The molecule has 21 heteroatoms. The molecule has 0 aliphatic carbocycles. The van der Waals surface area contributed by atoms with Crippen LogP contribution in [0.15, 0.2) is 0 Å². The van der Waals surface area contributed by atoms with Crippen LogP contribution in [0.1, 0.15) is 48.5 Å². The van der Waals surface area contributed by atoms with Gasteiger partial charge in [0.15, 0.2) is 0 Å². The Morgan fingerprint density at radius 3 is 0.756 bits per heavy atom. The molecule has 0 aliphatic heterocycles. The maximum Gasteiger partial charge on any atom is 0.300 e. The summed E-state index contributed by atoms with van der Waals surface area (Å²) >= 11 is 0. The Balaban J connectivity index is -0.0000000548. The highest BCUT2D eigenvalue weighted by molar-refractivity contribution is 5.64. The summed E-state index contributed by atoms with van der Waals surface area (Å²) in [5.74, 6) is -0.895. The van der Waals surface area contributed by atoms with Crippen molar-refractivity contribution in [1.82, 2.24) is 5.43 Å². The second-order valence-corrected chi connectivity index (χ2v) is 6.32. The van der Waals surface area contributed by atoms with Gasteiger partial charge >= 0.3 is 0 Å². The van der Waals surface area contributed by atoms with Crippen molar-refractivity contribution < 1.29 is 94.8 Å². The molecule has 0 radical (unpaired) electrons. The second kappa shape index (κ2) is 43.1. The lowest BCUT2D eigenvalue weighted by molar-refractivity contribution is -0.135. The number of hydrogen-bond donors (Lipinski definition) is 14. The minimum absolute atomic E-state index is 0.493. The Labute approximate surface area is 234 Å². The van der Waals surface area contributed by atoms with Gasteiger partial charge < -0.3 is 61.3 Å². The van der Waals surface area contributed by atoms with Crippen LogP contribution in [0.2, 0.25) is 0 Å². The Morgan fingerprint density at radius 1 is 0.488 bits per heavy atom. The molecule has 0 rings (SSSR count). The molecule has 0 bridgehead atoms. The molecule has 0 unspecified atom stereocenters. The molecule has 0 amide bonds. The number of nitrogens with two attached hydrogens (primary N) is 1. The van der Waals surface area contributed by atoms with E-state index in [4.69, 9.17) is 95.6 Å². The normalized spacial score (nSPS) is 10.9. The first-order valence-corrected chi connectivity index (χ1v) is 10.3. The summed E-state index contributed by atoms with van der Waals surface area (Å²) in [6, 6.07) is -0.948. The molecule has 0 aromatic carbocycles. The average Bonchev–Trinajstić information content (AvgIpc) is 2.70. The van der Waals surface area contributed by atoms with Crippen LogP contribution in [0.5, 0.6) is 0 Å². The maximum atomic E-state index is 9.26. The minimum Gasteiger partial charge on any atom is -0.481 e. The van der Waals surface area contributed by atoms with E-state index in [0.29, 0.717) is 0 Å². The molecule has 4 atom stereocenters. The summed E-state index contributed by atoms with van der Waals surface area (Å²) in [7, 11) is 0. The van der Waals surface area contributed by atoms with Crippen LogP contribution in [0.25, 0.3) is 0 Å². The third-order valence-electron chi connectivity index (χ3n) is 1.75. The average molecular weight is 617 g/mol. The number of hydrazine groups is 1. The van der Waals surface area contributed by atoms with E-state index in [1.54, 1.807) is 0 Å². The quantitative estimate of drug-likeness (QED) is 0.102.